The molecule has 0 spiro atoms. The lowest BCUT2D eigenvalue weighted by molar-refractivity contribution is -0.141. The van der Waals surface area contributed by atoms with Crippen LogP contribution in [0.4, 0.5) is 0 Å². The van der Waals surface area contributed by atoms with E-state index in [9.17, 15) is 4.79 Å². The van der Waals surface area contributed by atoms with Gasteiger partial charge in [-0.1, -0.05) is 19.3 Å². The molecule has 1 N–H and O–H groups in total. The molecule has 0 aliphatic heterocycles. The van der Waals surface area contributed by atoms with Crippen LogP contribution in [0.3, 0.4) is 0 Å². The highest BCUT2D eigenvalue weighted by Gasteiger charge is 2.33. The van der Waals surface area contributed by atoms with Crippen LogP contribution < -0.4 is 0 Å². The molecule has 1 aliphatic rings. The quantitative estimate of drug-likeness (QED) is 0.547. The van der Waals surface area contributed by atoms with Crippen LogP contribution in [0.25, 0.3) is 0 Å². The van der Waals surface area contributed by atoms with Crippen molar-refractivity contribution in [3.63, 3.8) is 0 Å². The molecule has 3 heteroatoms. The Morgan fingerprint density at radius 2 is 1.80 bits per heavy atom. The zero-order valence-electron chi connectivity index (χ0n) is 6.39. The van der Waals surface area contributed by atoms with Crippen molar-refractivity contribution in [2.75, 3.05) is 0 Å². The normalized spacial score (nSPS) is 24.0. The van der Waals surface area contributed by atoms with Crippen molar-refractivity contribution in [1.29, 1.82) is 0 Å². The predicted octanol–water partition coefficient (Wildman–Crippen LogP) is 0.827. The van der Waals surface area contributed by atoms with Crippen molar-refractivity contribution in [2.24, 2.45) is 0 Å². The van der Waals surface area contributed by atoms with Crippen LogP contribution in [0.5, 0.6) is 0 Å². The molecule has 0 bridgehead atoms. The van der Waals surface area contributed by atoms with E-state index in [-0.39, 0.29) is 0 Å². The topological polar surface area (TPSA) is 37.3 Å². The van der Waals surface area contributed by atoms with Crippen molar-refractivity contribution in [1.82, 2.24) is 0 Å². The van der Waals surface area contributed by atoms with Gasteiger partial charge >= 0.3 is 5.97 Å². The number of carboxylic acid groups (broad SMARTS) is 1. The van der Waals surface area contributed by atoms with Gasteiger partial charge in [0.1, 0.15) is 7.85 Å². The number of rotatable bonds is 1. The van der Waals surface area contributed by atoms with Crippen molar-refractivity contribution >= 4 is 13.8 Å². The van der Waals surface area contributed by atoms with Crippen LogP contribution in [0.2, 0.25) is 5.31 Å². The van der Waals surface area contributed by atoms with Crippen molar-refractivity contribution in [2.45, 2.75) is 37.4 Å². The molecule has 0 atom stereocenters. The smallest absolute Gasteiger partial charge is 0.301 e. The van der Waals surface area contributed by atoms with E-state index in [4.69, 9.17) is 5.11 Å². The molecule has 56 valence electrons. The molecule has 0 unspecified atom stereocenters. The summed E-state index contributed by atoms with van der Waals surface area (Å²) in [7, 11) is 1.86. The summed E-state index contributed by atoms with van der Waals surface area (Å²) in [5.74, 6) is -0.618. The molecule has 0 aromatic rings. The van der Waals surface area contributed by atoms with Gasteiger partial charge in [0.15, 0.2) is 0 Å². The van der Waals surface area contributed by atoms with E-state index >= 15 is 0 Å². The highest BCUT2D eigenvalue weighted by atomic mass is 16.4. The second-order valence-corrected chi connectivity index (χ2v) is 3.43. The Labute approximate surface area is 62.0 Å². The monoisotopic (exact) mass is 140 g/mol. The number of carboxylic acids is 1. The fourth-order valence-electron chi connectivity index (χ4n) is 1.55. The first kappa shape index (κ1) is 7.64. The van der Waals surface area contributed by atoms with Crippen LogP contribution in [-0.2, 0) is 4.79 Å². The minimum Gasteiger partial charge on any atom is -0.481 e. The van der Waals surface area contributed by atoms with Gasteiger partial charge in [0.2, 0.25) is 0 Å². The Hall–Kier alpha value is -0.465. The average Bonchev–Trinajstić information content (AvgIpc) is 1.89. The second kappa shape index (κ2) is 2.65. The average molecular weight is 140 g/mol. The van der Waals surface area contributed by atoms with Gasteiger partial charge in [0.25, 0.3) is 0 Å². The molecular formula is C7H13BO2. The van der Waals surface area contributed by atoms with Crippen LogP contribution in [0.15, 0.2) is 0 Å². The predicted molar refractivity (Wildman–Crippen MR) is 42.0 cm³/mol. The molecular weight excluding hydrogens is 127 g/mol. The highest BCUT2D eigenvalue weighted by molar-refractivity contribution is 6.26. The van der Waals surface area contributed by atoms with Crippen molar-refractivity contribution < 1.29 is 9.90 Å². The molecule has 0 amide bonds. The molecule has 10 heavy (non-hydrogen) atoms. The lowest BCUT2D eigenvalue weighted by Crippen LogP contribution is -2.26. The summed E-state index contributed by atoms with van der Waals surface area (Å²) >= 11 is 0. The number of aliphatic carboxylic acids is 1. The number of hydrogen-bond donors (Lipinski definition) is 1. The zero-order valence-corrected chi connectivity index (χ0v) is 6.39. The summed E-state index contributed by atoms with van der Waals surface area (Å²) in [6, 6.07) is 0. The maximum Gasteiger partial charge on any atom is 0.301 e. The SMILES string of the molecule is BC1(C(=O)O)CCCCC1. The van der Waals surface area contributed by atoms with E-state index in [0.717, 1.165) is 25.7 Å². The standard InChI is InChI=1S/C7H13BO2/c8-7(6(9)10)4-2-1-3-5-7/h1-5,8H2,(H,9,10). The molecule has 2 nitrogen and oxygen atoms in total. The Morgan fingerprint density at radius 3 is 2.10 bits per heavy atom. The molecule has 0 radical (unpaired) electrons. The minimum absolute atomic E-state index is 0.405. The summed E-state index contributed by atoms with van der Waals surface area (Å²) < 4.78 is 0. The summed E-state index contributed by atoms with van der Waals surface area (Å²) in [6.45, 7) is 0. The van der Waals surface area contributed by atoms with E-state index < -0.39 is 11.3 Å². The summed E-state index contributed by atoms with van der Waals surface area (Å²) in [4.78, 5) is 10.7. The van der Waals surface area contributed by atoms with Gasteiger partial charge in [0, 0.05) is 5.31 Å². The van der Waals surface area contributed by atoms with E-state index in [1.165, 1.54) is 6.42 Å². The Morgan fingerprint density at radius 1 is 1.30 bits per heavy atom. The van der Waals surface area contributed by atoms with Crippen molar-refractivity contribution in [3.05, 3.63) is 0 Å². The van der Waals surface area contributed by atoms with Gasteiger partial charge in [-0.15, -0.1) is 0 Å². The lowest BCUT2D eigenvalue weighted by atomic mass is 9.60. The highest BCUT2D eigenvalue weighted by Crippen LogP contribution is 2.39. The third kappa shape index (κ3) is 1.33. The summed E-state index contributed by atoms with van der Waals surface area (Å²) in [5, 5.41) is 8.39. The Kier molecular flexibility index (Phi) is 2.02. The third-order valence-corrected chi connectivity index (χ3v) is 2.47. The van der Waals surface area contributed by atoms with Gasteiger partial charge in [-0.2, -0.15) is 0 Å². The molecule has 0 aromatic carbocycles. The lowest BCUT2D eigenvalue weighted by Gasteiger charge is -2.28. The molecule has 1 saturated carbocycles. The molecule has 0 saturated heterocycles. The number of carbonyl (C=O) groups is 1. The van der Waals surface area contributed by atoms with Crippen LogP contribution >= 0.6 is 0 Å². The maximum atomic E-state index is 10.7. The fourth-order valence-corrected chi connectivity index (χ4v) is 1.55. The molecule has 1 aliphatic carbocycles. The fraction of sp³-hybridized carbons (Fsp3) is 0.857. The van der Waals surface area contributed by atoms with Gasteiger partial charge in [-0.3, -0.25) is 4.79 Å². The second-order valence-electron chi connectivity index (χ2n) is 3.43. The molecule has 1 rings (SSSR count). The van der Waals surface area contributed by atoms with E-state index in [0.29, 0.717) is 0 Å². The van der Waals surface area contributed by atoms with Gasteiger partial charge in [-0.25, -0.2) is 0 Å². The first-order valence-corrected chi connectivity index (χ1v) is 3.88. The third-order valence-electron chi connectivity index (χ3n) is 2.47. The summed E-state index contributed by atoms with van der Waals surface area (Å²) in [5.41, 5.74) is 0. The Balaban J connectivity index is 2.56. The van der Waals surface area contributed by atoms with Crippen LogP contribution in [0.1, 0.15) is 32.1 Å². The largest absolute Gasteiger partial charge is 0.481 e. The maximum absolute atomic E-state index is 10.7. The van der Waals surface area contributed by atoms with E-state index in [1.54, 1.807) is 0 Å². The Bertz CT molecular complexity index is 139. The van der Waals surface area contributed by atoms with Crippen LogP contribution in [0, 0.1) is 0 Å². The van der Waals surface area contributed by atoms with Gasteiger partial charge in [0.05, 0.1) is 0 Å². The first-order chi connectivity index (χ1) is 4.65. The van der Waals surface area contributed by atoms with Crippen molar-refractivity contribution in [3.8, 4) is 0 Å². The zero-order chi connectivity index (χ0) is 7.61. The summed E-state index contributed by atoms with van der Waals surface area (Å²) in [6.07, 6.45) is 5.11. The van der Waals surface area contributed by atoms with E-state index in [2.05, 4.69) is 0 Å². The van der Waals surface area contributed by atoms with Crippen LogP contribution in [-0.4, -0.2) is 18.9 Å². The van der Waals surface area contributed by atoms with E-state index in [1.807, 2.05) is 7.85 Å². The van der Waals surface area contributed by atoms with Gasteiger partial charge < -0.3 is 5.11 Å². The molecule has 0 heterocycles. The first-order valence-electron chi connectivity index (χ1n) is 3.88. The molecule has 1 fully saturated rings. The van der Waals surface area contributed by atoms with Gasteiger partial charge in [-0.05, 0) is 12.8 Å². The number of hydrogen-bond acceptors (Lipinski definition) is 1. The minimum atomic E-state index is -0.618. The molecule has 0 aromatic heterocycles.